The molecule has 0 bridgehead atoms. The standard InChI is InChI=1S/C14H16N.BF4/c1-15(2,13-9-5-3-6-10-13)14-11-7-4-8-12-14;2-1(3,4)5/h3-12H,1-2H3;/q+1;-1. The highest BCUT2D eigenvalue weighted by atomic mass is 19.5. The van der Waals surface area contributed by atoms with Crippen LogP contribution in [0.2, 0.25) is 0 Å². The highest BCUT2D eigenvalue weighted by Crippen LogP contribution is 2.29. The molecule has 0 aromatic heterocycles. The Kier molecular flexibility index (Phi) is 5.33. The van der Waals surface area contributed by atoms with Crippen LogP contribution in [-0.2, 0) is 0 Å². The summed E-state index contributed by atoms with van der Waals surface area (Å²) in [6.07, 6.45) is 0. The Morgan fingerprint density at radius 1 is 0.650 bits per heavy atom. The fourth-order valence-electron chi connectivity index (χ4n) is 1.75. The molecule has 108 valence electrons. The van der Waals surface area contributed by atoms with Crippen LogP contribution in [0.5, 0.6) is 0 Å². The van der Waals surface area contributed by atoms with Gasteiger partial charge in [0.25, 0.3) is 0 Å². The second kappa shape index (κ2) is 6.57. The number of nitrogens with zero attached hydrogens (tertiary/aromatic N) is 1. The predicted molar refractivity (Wildman–Crippen MR) is 76.4 cm³/mol. The van der Waals surface area contributed by atoms with Crippen molar-refractivity contribution in [1.82, 2.24) is 4.48 Å². The van der Waals surface area contributed by atoms with E-state index in [4.69, 9.17) is 0 Å². The van der Waals surface area contributed by atoms with E-state index >= 15 is 0 Å². The van der Waals surface area contributed by atoms with E-state index in [1.54, 1.807) is 0 Å². The Hall–Kier alpha value is -1.82. The van der Waals surface area contributed by atoms with Crippen molar-refractivity contribution in [3.05, 3.63) is 60.7 Å². The van der Waals surface area contributed by atoms with Gasteiger partial charge in [0, 0.05) is 0 Å². The molecular weight excluding hydrogens is 269 g/mol. The second-order valence-corrected chi connectivity index (χ2v) is 4.62. The van der Waals surface area contributed by atoms with E-state index in [1.807, 2.05) is 0 Å². The third-order valence-electron chi connectivity index (χ3n) is 2.80. The summed E-state index contributed by atoms with van der Waals surface area (Å²) < 4.78 is 39.8. The van der Waals surface area contributed by atoms with Crippen LogP contribution in [0.15, 0.2) is 60.7 Å². The Labute approximate surface area is 116 Å². The lowest BCUT2D eigenvalue weighted by atomic mass is 10.2. The zero-order valence-corrected chi connectivity index (χ0v) is 11.3. The van der Waals surface area contributed by atoms with Crippen molar-refractivity contribution in [2.75, 3.05) is 14.1 Å². The Morgan fingerprint density at radius 3 is 1.15 bits per heavy atom. The highest BCUT2D eigenvalue weighted by Gasteiger charge is 2.21. The van der Waals surface area contributed by atoms with Crippen molar-refractivity contribution in [2.45, 2.75) is 0 Å². The molecule has 0 radical (unpaired) electrons. The third-order valence-corrected chi connectivity index (χ3v) is 2.80. The van der Waals surface area contributed by atoms with Gasteiger partial charge in [-0.25, -0.2) is 0 Å². The summed E-state index contributed by atoms with van der Waals surface area (Å²) in [6, 6.07) is 21.1. The first-order valence-corrected chi connectivity index (χ1v) is 6.04. The first-order valence-electron chi connectivity index (χ1n) is 6.04. The average molecular weight is 285 g/mol. The van der Waals surface area contributed by atoms with Crippen molar-refractivity contribution >= 4 is 18.6 Å². The molecule has 20 heavy (non-hydrogen) atoms. The van der Waals surface area contributed by atoms with E-state index < -0.39 is 7.25 Å². The summed E-state index contributed by atoms with van der Waals surface area (Å²) in [7, 11) is -1.60. The number of quaternary nitrogens is 1. The molecule has 0 saturated carbocycles. The summed E-state index contributed by atoms with van der Waals surface area (Å²) in [6.45, 7) is 0. The zero-order valence-electron chi connectivity index (χ0n) is 11.3. The van der Waals surface area contributed by atoms with Crippen LogP contribution >= 0.6 is 0 Å². The predicted octanol–water partition coefficient (Wildman–Crippen LogP) is 4.89. The number of benzene rings is 2. The van der Waals surface area contributed by atoms with Crippen molar-refractivity contribution in [2.24, 2.45) is 0 Å². The quantitative estimate of drug-likeness (QED) is 0.419. The van der Waals surface area contributed by atoms with Crippen LogP contribution < -0.4 is 4.48 Å². The molecule has 1 nitrogen and oxygen atoms in total. The first-order chi connectivity index (χ1) is 9.21. The minimum absolute atomic E-state index is 0.779. The van der Waals surface area contributed by atoms with Gasteiger partial charge in [-0.3, -0.25) is 4.48 Å². The summed E-state index contributed by atoms with van der Waals surface area (Å²) in [5.41, 5.74) is 2.59. The highest BCUT2D eigenvalue weighted by molar-refractivity contribution is 6.50. The molecule has 0 saturated heterocycles. The molecule has 6 heteroatoms. The third kappa shape index (κ3) is 5.44. The number of rotatable bonds is 2. The SMILES string of the molecule is C[N+](C)(c1ccccc1)c1ccccc1.F[B-](F)(F)F. The normalized spacial score (nSPS) is 11.5. The maximum absolute atomic E-state index is 9.75. The maximum atomic E-state index is 9.75. The van der Waals surface area contributed by atoms with Crippen LogP contribution in [0, 0.1) is 0 Å². The van der Waals surface area contributed by atoms with Gasteiger partial charge in [-0.15, -0.1) is 0 Å². The van der Waals surface area contributed by atoms with Crippen molar-refractivity contribution in [3.8, 4) is 0 Å². The minimum atomic E-state index is -6.00. The topological polar surface area (TPSA) is 0 Å². The lowest BCUT2D eigenvalue weighted by Gasteiger charge is -2.28. The van der Waals surface area contributed by atoms with Crippen LogP contribution in [0.25, 0.3) is 0 Å². The van der Waals surface area contributed by atoms with Crippen molar-refractivity contribution < 1.29 is 17.3 Å². The smallest absolute Gasteiger partial charge is 0.418 e. The maximum Gasteiger partial charge on any atom is 0.673 e. The Morgan fingerprint density at radius 2 is 0.900 bits per heavy atom. The molecule has 0 N–H and O–H groups in total. The lowest BCUT2D eigenvalue weighted by molar-refractivity contribution is 0.368. The van der Waals surface area contributed by atoms with E-state index in [0.29, 0.717) is 0 Å². The molecule has 0 aliphatic rings. The average Bonchev–Trinajstić information content (AvgIpc) is 2.39. The van der Waals surface area contributed by atoms with E-state index in [0.717, 1.165) is 4.48 Å². The summed E-state index contributed by atoms with van der Waals surface area (Å²) >= 11 is 0. The molecule has 0 aliphatic carbocycles. The molecule has 0 unspecified atom stereocenters. The lowest BCUT2D eigenvalue weighted by Crippen LogP contribution is -2.33. The molecule has 0 spiro atoms. The molecule has 2 rings (SSSR count). The van der Waals surface area contributed by atoms with E-state index in [-0.39, 0.29) is 0 Å². The molecule has 0 amide bonds. The summed E-state index contributed by atoms with van der Waals surface area (Å²) in [5, 5.41) is 0. The molecule has 2 aromatic carbocycles. The largest absolute Gasteiger partial charge is 0.673 e. The molecule has 0 aliphatic heterocycles. The Balaban J connectivity index is 0.000000347. The summed E-state index contributed by atoms with van der Waals surface area (Å²) in [4.78, 5) is 0. The zero-order chi connectivity index (χ0) is 15.2. The number of hydrogen-bond acceptors (Lipinski definition) is 0. The van der Waals surface area contributed by atoms with E-state index in [1.165, 1.54) is 11.4 Å². The van der Waals surface area contributed by atoms with Gasteiger partial charge in [0.15, 0.2) is 0 Å². The number of hydrogen-bond donors (Lipinski definition) is 0. The van der Waals surface area contributed by atoms with Gasteiger partial charge in [-0.05, 0) is 24.3 Å². The minimum Gasteiger partial charge on any atom is -0.418 e. The monoisotopic (exact) mass is 285 g/mol. The van der Waals surface area contributed by atoms with Gasteiger partial charge in [0.1, 0.15) is 11.4 Å². The fourth-order valence-corrected chi connectivity index (χ4v) is 1.75. The molecule has 2 aromatic rings. The van der Waals surface area contributed by atoms with Gasteiger partial charge in [0.2, 0.25) is 0 Å². The van der Waals surface area contributed by atoms with Gasteiger partial charge in [0.05, 0.1) is 14.1 Å². The number of halogens is 4. The molecule has 0 fully saturated rings. The van der Waals surface area contributed by atoms with Crippen LogP contribution in [0.3, 0.4) is 0 Å². The van der Waals surface area contributed by atoms with Gasteiger partial charge < -0.3 is 17.3 Å². The molecule has 0 heterocycles. The number of para-hydroxylation sites is 2. The van der Waals surface area contributed by atoms with Crippen LogP contribution in [-0.4, -0.2) is 21.3 Å². The van der Waals surface area contributed by atoms with Gasteiger partial charge in [-0.1, -0.05) is 36.4 Å². The van der Waals surface area contributed by atoms with E-state index in [2.05, 4.69) is 74.8 Å². The second-order valence-electron chi connectivity index (χ2n) is 4.62. The van der Waals surface area contributed by atoms with Gasteiger partial charge in [-0.2, -0.15) is 0 Å². The van der Waals surface area contributed by atoms with Crippen LogP contribution in [0.1, 0.15) is 0 Å². The fraction of sp³-hybridized carbons (Fsp3) is 0.143. The summed E-state index contributed by atoms with van der Waals surface area (Å²) in [5.74, 6) is 0. The van der Waals surface area contributed by atoms with Crippen molar-refractivity contribution in [1.29, 1.82) is 0 Å². The van der Waals surface area contributed by atoms with Crippen LogP contribution in [0.4, 0.5) is 28.6 Å². The first kappa shape index (κ1) is 16.2. The van der Waals surface area contributed by atoms with Crippen molar-refractivity contribution in [3.63, 3.8) is 0 Å². The molecule has 0 atom stereocenters. The molecular formula is C14H16BF4N. The van der Waals surface area contributed by atoms with E-state index in [9.17, 15) is 17.3 Å². The van der Waals surface area contributed by atoms with Gasteiger partial charge >= 0.3 is 7.25 Å². The Bertz CT molecular complexity index is 464.